The van der Waals surface area contributed by atoms with Gasteiger partial charge in [-0.25, -0.2) is 13.2 Å². The van der Waals surface area contributed by atoms with Gasteiger partial charge in [-0.1, -0.05) is 56.3 Å². The van der Waals surface area contributed by atoms with Crippen molar-refractivity contribution in [2.45, 2.75) is 70.3 Å². The van der Waals surface area contributed by atoms with E-state index in [0.717, 1.165) is 11.1 Å². The lowest BCUT2D eigenvalue weighted by atomic mass is 10.0. The summed E-state index contributed by atoms with van der Waals surface area (Å²) >= 11 is 0. The Labute approximate surface area is 259 Å². The summed E-state index contributed by atoms with van der Waals surface area (Å²) in [4.78, 5) is 12.8. The van der Waals surface area contributed by atoms with E-state index in [0.29, 0.717) is 23.9 Å². The van der Waals surface area contributed by atoms with E-state index in [2.05, 4.69) is 5.32 Å². The van der Waals surface area contributed by atoms with Crippen LogP contribution in [0.1, 0.15) is 45.7 Å². The summed E-state index contributed by atoms with van der Waals surface area (Å²) in [5.41, 5.74) is 1.10. The molecule has 0 saturated heterocycles. The molecule has 0 fully saturated rings. The minimum atomic E-state index is -4.03. The zero-order valence-corrected chi connectivity index (χ0v) is 26.7. The quantitative estimate of drug-likeness (QED) is 0.268. The van der Waals surface area contributed by atoms with Crippen molar-refractivity contribution in [3.8, 4) is 17.2 Å². The van der Waals surface area contributed by atoms with Crippen LogP contribution in [0.5, 0.6) is 17.2 Å². The van der Waals surface area contributed by atoms with Crippen LogP contribution in [0, 0.1) is 5.92 Å². The van der Waals surface area contributed by atoms with Crippen molar-refractivity contribution in [2.75, 3.05) is 19.9 Å². The van der Waals surface area contributed by atoms with Gasteiger partial charge in [-0.3, -0.25) is 0 Å². The smallest absolute Gasteiger partial charge is 0.407 e. The molecular weight excluding hydrogens is 584 g/mol. The van der Waals surface area contributed by atoms with Gasteiger partial charge in [0.15, 0.2) is 11.5 Å². The Hall–Kier alpha value is -3.80. The van der Waals surface area contributed by atoms with Gasteiger partial charge in [0.05, 0.1) is 17.0 Å². The third-order valence-electron chi connectivity index (χ3n) is 6.74. The van der Waals surface area contributed by atoms with Crippen LogP contribution in [0.15, 0.2) is 77.7 Å². The monoisotopic (exact) mass is 626 g/mol. The van der Waals surface area contributed by atoms with Gasteiger partial charge >= 0.3 is 6.09 Å². The van der Waals surface area contributed by atoms with Crippen molar-refractivity contribution in [1.29, 1.82) is 0 Å². The molecule has 2 N–H and O–H groups in total. The normalized spacial score (nSPS) is 14.4. The van der Waals surface area contributed by atoms with Crippen LogP contribution in [0.3, 0.4) is 0 Å². The number of nitrogens with one attached hydrogen (secondary N) is 1. The van der Waals surface area contributed by atoms with E-state index in [-0.39, 0.29) is 37.1 Å². The predicted molar refractivity (Wildman–Crippen MR) is 166 cm³/mol. The number of aliphatic hydroxyl groups is 1. The maximum absolute atomic E-state index is 13.8. The number of amides is 1. The first kappa shape index (κ1) is 33.1. The fourth-order valence-electron chi connectivity index (χ4n) is 4.66. The van der Waals surface area contributed by atoms with Gasteiger partial charge in [-0.15, -0.1) is 0 Å². The highest BCUT2D eigenvalue weighted by Gasteiger charge is 2.33. The maximum atomic E-state index is 13.8. The lowest BCUT2D eigenvalue weighted by Crippen LogP contribution is -2.51. The van der Waals surface area contributed by atoms with E-state index >= 15 is 0 Å². The van der Waals surface area contributed by atoms with E-state index in [9.17, 15) is 18.3 Å². The third kappa shape index (κ3) is 9.35. The number of fused-ring (bicyclic) bond motifs is 1. The van der Waals surface area contributed by atoms with Crippen molar-refractivity contribution in [3.05, 3.63) is 83.9 Å². The number of alkyl carbamates (subject to hydrolysis) is 1. The van der Waals surface area contributed by atoms with E-state index < -0.39 is 33.9 Å². The molecular formula is C33H42N2O8S. The van der Waals surface area contributed by atoms with Crippen molar-refractivity contribution in [1.82, 2.24) is 9.62 Å². The summed E-state index contributed by atoms with van der Waals surface area (Å²) in [7, 11) is -4.03. The minimum absolute atomic E-state index is 0.0192. The van der Waals surface area contributed by atoms with Crippen LogP contribution < -0.4 is 19.5 Å². The fourth-order valence-corrected chi connectivity index (χ4v) is 6.30. The molecule has 1 aliphatic heterocycles. The van der Waals surface area contributed by atoms with Crippen molar-refractivity contribution < 1.29 is 37.3 Å². The first-order valence-electron chi connectivity index (χ1n) is 14.6. The van der Waals surface area contributed by atoms with Gasteiger partial charge in [0.1, 0.15) is 18.0 Å². The topological polar surface area (TPSA) is 124 Å². The molecule has 2 atom stereocenters. The molecule has 3 aromatic rings. The molecule has 0 aromatic heterocycles. The summed E-state index contributed by atoms with van der Waals surface area (Å²) in [6, 6.07) is 20.8. The van der Waals surface area contributed by atoms with Gasteiger partial charge in [0, 0.05) is 19.2 Å². The summed E-state index contributed by atoms with van der Waals surface area (Å²) in [6.07, 6.45) is -1.75. The Bertz CT molecular complexity index is 1490. The molecule has 44 heavy (non-hydrogen) atoms. The number of hydrogen-bond acceptors (Lipinski definition) is 8. The number of benzene rings is 3. The molecule has 0 aliphatic carbocycles. The number of rotatable bonds is 13. The Kier molecular flexibility index (Phi) is 10.8. The molecule has 1 heterocycles. The van der Waals surface area contributed by atoms with Crippen molar-refractivity contribution in [3.63, 3.8) is 0 Å². The first-order valence-corrected chi connectivity index (χ1v) is 16.1. The zero-order valence-electron chi connectivity index (χ0n) is 25.9. The molecule has 0 spiro atoms. The van der Waals surface area contributed by atoms with Gasteiger partial charge in [0.25, 0.3) is 0 Å². The largest absolute Gasteiger partial charge is 0.489 e. The number of ether oxygens (including phenoxy) is 4. The molecule has 238 valence electrons. The lowest BCUT2D eigenvalue weighted by Gasteiger charge is -2.31. The van der Waals surface area contributed by atoms with Gasteiger partial charge in [0.2, 0.25) is 16.8 Å². The zero-order chi connectivity index (χ0) is 31.9. The number of sulfonamides is 1. The van der Waals surface area contributed by atoms with E-state index in [1.54, 1.807) is 26.8 Å². The second kappa shape index (κ2) is 14.3. The fraction of sp³-hybridized carbons (Fsp3) is 0.424. The lowest BCUT2D eigenvalue weighted by molar-refractivity contribution is 0.0400. The van der Waals surface area contributed by atoms with E-state index in [1.165, 1.54) is 16.4 Å². The standard InChI is InChI=1S/C33H42N2O8S/c1-23(2)19-35(44(38,39)27-15-16-30-31(18-27)42-22-41-30)20-29(36)28(34-32(37)43-33(3,4)5)17-24-11-13-26(14-12-24)40-21-25-9-7-6-8-10-25/h6-16,18,23,28-29,36H,17,19-22H2,1-5H3,(H,34,37)/t28-,29+/m0/s1. The van der Waals surface area contributed by atoms with E-state index in [4.69, 9.17) is 18.9 Å². The molecule has 4 rings (SSSR count). The number of hydrogen-bond donors (Lipinski definition) is 2. The Balaban J connectivity index is 1.52. The number of carbonyl (C=O) groups is 1. The molecule has 0 saturated carbocycles. The van der Waals surface area contributed by atoms with Crippen LogP contribution in [-0.2, 0) is 27.8 Å². The minimum Gasteiger partial charge on any atom is -0.489 e. The number of carbonyl (C=O) groups excluding carboxylic acids is 1. The Morgan fingerprint density at radius 2 is 1.64 bits per heavy atom. The average molecular weight is 627 g/mol. The molecule has 0 unspecified atom stereocenters. The first-order chi connectivity index (χ1) is 20.8. The van der Waals surface area contributed by atoms with Crippen LogP contribution in [0.2, 0.25) is 0 Å². The highest BCUT2D eigenvalue weighted by Crippen LogP contribution is 2.35. The maximum Gasteiger partial charge on any atom is 0.407 e. The molecule has 0 bridgehead atoms. The Morgan fingerprint density at radius 1 is 0.955 bits per heavy atom. The SMILES string of the molecule is CC(C)CN(C[C@@H](O)[C@H](Cc1ccc(OCc2ccccc2)cc1)NC(=O)OC(C)(C)C)S(=O)(=O)c1ccc2c(c1)OCO2. The van der Waals surface area contributed by atoms with Crippen molar-refractivity contribution in [2.24, 2.45) is 5.92 Å². The van der Waals surface area contributed by atoms with Gasteiger partial charge in [-0.05, 0) is 68.5 Å². The number of nitrogens with zero attached hydrogens (tertiary/aromatic N) is 1. The molecule has 0 radical (unpaired) electrons. The summed E-state index contributed by atoms with van der Waals surface area (Å²) < 4.78 is 50.9. The summed E-state index contributed by atoms with van der Waals surface area (Å²) in [5.74, 6) is 1.45. The van der Waals surface area contributed by atoms with Crippen LogP contribution in [0.25, 0.3) is 0 Å². The molecule has 1 aliphatic rings. The van der Waals surface area contributed by atoms with Crippen molar-refractivity contribution >= 4 is 16.1 Å². The number of aliphatic hydroxyl groups excluding tert-OH is 1. The molecule has 10 nitrogen and oxygen atoms in total. The molecule has 3 aromatic carbocycles. The molecule has 1 amide bonds. The van der Waals surface area contributed by atoms with E-state index in [1.807, 2.05) is 68.4 Å². The Morgan fingerprint density at radius 3 is 2.30 bits per heavy atom. The van der Waals surface area contributed by atoms with Crippen LogP contribution >= 0.6 is 0 Å². The second-order valence-corrected chi connectivity index (χ2v) is 14.1. The average Bonchev–Trinajstić information content (AvgIpc) is 3.43. The third-order valence-corrected chi connectivity index (χ3v) is 8.56. The highest BCUT2D eigenvalue weighted by molar-refractivity contribution is 7.89. The van der Waals surface area contributed by atoms with Crippen LogP contribution in [0.4, 0.5) is 4.79 Å². The highest BCUT2D eigenvalue weighted by atomic mass is 32.2. The predicted octanol–water partition coefficient (Wildman–Crippen LogP) is 5.14. The van der Waals surface area contributed by atoms with Crippen LogP contribution in [-0.4, -0.2) is 61.6 Å². The second-order valence-electron chi connectivity index (χ2n) is 12.2. The summed E-state index contributed by atoms with van der Waals surface area (Å²) in [5, 5.41) is 14.3. The van der Waals surface area contributed by atoms with Gasteiger partial charge < -0.3 is 29.4 Å². The summed E-state index contributed by atoms with van der Waals surface area (Å²) in [6.45, 7) is 9.36. The molecule has 11 heteroatoms. The van der Waals surface area contributed by atoms with Gasteiger partial charge in [-0.2, -0.15) is 4.31 Å².